The van der Waals surface area contributed by atoms with Crippen LogP contribution in [-0.2, 0) is 17.1 Å². The van der Waals surface area contributed by atoms with Crippen LogP contribution in [-0.4, -0.2) is 29.3 Å². The fraction of sp³-hybridized carbons (Fsp3) is 0.286. The molecule has 7 nitrogen and oxygen atoms in total. The van der Waals surface area contributed by atoms with Crippen LogP contribution in [0.3, 0.4) is 0 Å². The molecule has 0 aliphatic carbocycles. The van der Waals surface area contributed by atoms with Gasteiger partial charge in [0.05, 0.1) is 16.7 Å². The van der Waals surface area contributed by atoms with Gasteiger partial charge in [0, 0.05) is 24.8 Å². The summed E-state index contributed by atoms with van der Waals surface area (Å²) in [6.45, 7) is 3.28. The number of carbonyl (C=O) groups is 1. The third-order valence-corrected chi connectivity index (χ3v) is 4.97. The molecule has 2 N–H and O–H groups in total. The summed E-state index contributed by atoms with van der Waals surface area (Å²) in [5.41, 5.74) is 1.17. The average Bonchev–Trinajstić information content (AvgIpc) is 2.84. The molecule has 0 aliphatic heterocycles. The van der Waals surface area contributed by atoms with E-state index in [2.05, 4.69) is 9.82 Å². The van der Waals surface area contributed by atoms with E-state index in [0.29, 0.717) is 5.56 Å². The van der Waals surface area contributed by atoms with E-state index in [1.165, 1.54) is 18.2 Å². The maximum absolute atomic E-state index is 12.4. The van der Waals surface area contributed by atoms with Crippen LogP contribution in [0.15, 0.2) is 35.5 Å². The molecule has 0 amide bonds. The lowest BCUT2D eigenvalue weighted by Gasteiger charge is -2.14. The van der Waals surface area contributed by atoms with Crippen LogP contribution in [0.1, 0.15) is 34.5 Å². The molecule has 0 radical (unpaired) electrons. The second-order valence-corrected chi connectivity index (χ2v) is 6.76. The number of nitrogens with one attached hydrogen (secondary N) is 1. The van der Waals surface area contributed by atoms with Crippen LogP contribution < -0.4 is 4.72 Å². The molecule has 8 heteroatoms. The van der Waals surface area contributed by atoms with E-state index in [-0.39, 0.29) is 10.5 Å². The van der Waals surface area contributed by atoms with E-state index in [1.807, 2.05) is 0 Å². The molecular formula is C14H17N3O4S. The minimum Gasteiger partial charge on any atom is -0.478 e. The van der Waals surface area contributed by atoms with E-state index >= 15 is 0 Å². The number of carboxylic acids is 1. The van der Waals surface area contributed by atoms with Gasteiger partial charge in [0.2, 0.25) is 10.0 Å². The van der Waals surface area contributed by atoms with Crippen molar-refractivity contribution in [2.75, 3.05) is 0 Å². The molecule has 1 heterocycles. The first kappa shape index (κ1) is 16.2. The Bertz CT molecular complexity index is 811. The predicted octanol–water partition coefficient (Wildman–Crippen LogP) is 1.47. The van der Waals surface area contributed by atoms with Crippen molar-refractivity contribution in [1.82, 2.24) is 14.5 Å². The summed E-state index contributed by atoms with van der Waals surface area (Å²) in [5.74, 6) is -1.09. The van der Waals surface area contributed by atoms with Crippen LogP contribution in [0.2, 0.25) is 0 Å². The smallest absolute Gasteiger partial charge is 0.335 e. The SMILES string of the molecule is Cc1cc(C(=O)O)ccc1S(=O)(=O)NC(C)c1cnn(C)c1. The zero-order chi connectivity index (χ0) is 16.5. The molecule has 0 saturated carbocycles. The van der Waals surface area contributed by atoms with Crippen molar-refractivity contribution >= 4 is 16.0 Å². The number of carboxylic acid groups (broad SMARTS) is 1. The van der Waals surface area contributed by atoms with Crippen LogP contribution in [0, 0.1) is 6.92 Å². The molecule has 0 aliphatic rings. The lowest BCUT2D eigenvalue weighted by atomic mass is 10.1. The third kappa shape index (κ3) is 3.34. The summed E-state index contributed by atoms with van der Waals surface area (Å²) in [6.07, 6.45) is 3.32. The first-order chi connectivity index (χ1) is 10.2. The predicted molar refractivity (Wildman–Crippen MR) is 80.1 cm³/mol. The lowest BCUT2D eigenvalue weighted by molar-refractivity contribution is 0.0696. The van der Waals surface area contributed by atoms with Gasteiger partial charge in [0.1, 0.15) is 0 Å². The Morgan fingerprint density at radius 1 is 1.41 bits per heavy atom. The number of aromatic nitrogens is 2. The largest absolute Gasteiger partial charge is 0.478 e. The molecule has 0 spiro atoms. The highest BCUT2D eigenvalue weighted by Gasteiger charge is 2.21. The Balaban J connectivity index is 2.29. The summed E-state index contributed by atoms with van der Waals surface area (Å²) in [7, 11) is -2.00. The molecule has 1 aromatic heterocycles. The summed E-state index contributed by atoms with van der Waals surface area (Å²) in [5, 5.41) is 12.9. The molecule has 0 saturated heterocycles. The van der Waals surface area contributed by atoms with Gasteiger partial charge in [-0.05, 0) is 37.6 Å². The molecule has 1 unspecified atom stereocenters. The Kier molecular flexibility index (Phi) is 4.34. The normalized spacial score (nSPS) is 13.0. The highest BCUT2D eigenvalue weighted by Crippen LogP contribution is 2.20. The first-order valence-electron chi connectivity index (χ1n) is 6.55. The van der Waals surface area contributed by atoms with Crippen molar-refractivity contribution in [3.63, 3.8) is 0 Å². The van der Waals surface area contributed by atoms with Gasteiger partial charge < -0.3 is 5.11 Å². The maximum atomic E-state index is 12.4. The maximum Gasteiger partial charge on any atom is 0.335 e. The zero-order valence-electron chi connectivity index (χ0n) is 12.4. The Hall–Kier alpha value is -2.19. The molecule has 2 aromatic rings. The Labute approximate surface area is 128 Å². The van der Waals surface area contributed by atoms with Gasteiger partial charge in [0.15, 0.2) is 0 Å². The molecule has 1 atom stereocenters. The van der Waals surface area contributed by atoms with Crippen molar-refractivity contribution < 1.29 is 18.3 Å². The number of aromatic carboxylic acids is 1. The van der Waals surface area contributed by atoms with Crippen molar-refractivity contribution in [2.24, 2.45) is 7.05 Å². The minimum atomic E-state index is -3.75. The molecular weight excluding hydrogens is 306 g/mol. The number of hydrogen-bond acceptors (Lipinski definition) is 4. The molecule has 0 fully saturated rings. The van der Waals surface area contributed by atoms with Gasteiger partial charge in [-0.1, -0.05) is 0 Å². The van der Waals surface area contributed by atoms with Gasteiger partial charge >= 0.3 is 5.97 Å². The standard InChI is InChI=1S/C14H17N3O4S/c1-9-6-11(14(18)19)4-5-13(9)22(20,21)16-10(2)12-7-15-17(3)8-12/h4-8,10,16H,1-3H3,(H,18,19). The van der Waals surface area contributed by atoms with E-state index < -0.39 is 22.0 Å². The van der Waals surface area contributed by atoms with Crippen molar-refractivity contribution in [1.29, 1.82) is 0 Å². The molecule has 2 rings (SSSR count). The van der Waals surface area contributed by atoms with E-state index in [9.17, 15) is 13.2 Å². The number of sulfonamides is 1. The molecule has 118 valence electrons. The van der Waals surface area contributed by atoms with Crippen LogP contribution in [0.5, 0.6) is 0 Å². The number of nitrogens with zero attached hydrogens (tertiary/aromatic N) is 2. The monoisotopic (exact) mass is 323 g/mol. The zero-order valence-corrected chi connectivity index (χ0v) is 13.3. The summed E-state index contributed by atoms with van der Waals surface area (Å²) >= 11 is 0. The highest BCUT2D eigenvalue weighted by atomic mass is 32.2. The number of rotatable bonds is 5. The fourth-order valence-corrected chi connectivity index (χ4v) is 3.57. The van der Waals surface area contributed by atoms with Gasteiger partial charge in [0.25, 0.3) is 0 Å². The second-order valence-electron chi connectivity index (χ2n) is 5.08. The Morgan fingerprint density at radius 2 is 2.09 bits per heavy atom. The van der Waals surface area contributed by atoms with E-state index in [1.54, 1.807) is 38.0 Å². The quantitative estimate of drug-likeness (QED) is 0.867. The van der Waals surface area contributed by atoms with Crippen LogP contribution in [0.25, 0.3) is 0 Å². The van der Waals surface area contributed by atoms with Gasteiger partial charge in [-0.3, -0.25) is 4.68 Å². The first-order valence-corrected chi connectivity index (χ1v) is 8.04. The highest BCUT2D eigenvalue weighted by molar-refractivity contribution is 7.89. The topological polar surface area (TPSA) is 101 Å². The number of aryl methyl sites for hydroxylation is 2. The average molecular weight is 323 g/mol. The molecule has 22 heavy (non-hydrogen) atoms. The molecule has 0 bridgehead atoms. The van der Waals surface area contributed by atoms with E-state index in [0.717, 1.165) is 5.56 Å². The molecule has 1 aromatic carbocycles. The van der Waals surface area contributed by atoms with Crippen LogP contribution in [0.4, 0.5) is 0 Å². The second kappa shape index (κ2) is 5.90. The lowest BCUT2D eigenvalue weighted by Crippen LogP contribution is -2.27. The summed E-state index contributed by atoms with van der Waals surface area (Å²) in [6, 6.07) is 3.47. The van der Waals surface area contributed by atoms with Gasteiger partial charge in [-0.15, -0.1) is 0 Å². The third-order valence-electron chi connectivity index (χ3n) is 3.27. The van der Waals surface area contributed by atoms with Gasteiger partial charge in [-0.2, -0.15) is 5.10 Å². The van der Waals surface area contributed by atoms with Crippen molar-refractivity contribution in [3.05, 3.63) is 47.3 Å². The number of hydrogen-bond donors (Lipinski definition) is 2. The van der Waals surface area contributed by atoms with Gasteiger partial charge in [-0.25, -0.2) is 17.9 Å². The fourth-order valence-electron chi connectivity index (χ4n) is 2.11. The van der Waals surface area contributed by atoms with Crippen molar-refractivity contribution in [3.8, 4) is 0 Å². The van der Waals surface area contributed by atoms with Crippen LogP contribution >= 0.6 is 0 Å². The number of benzene rings is 1. The summed E-state index contributed by atoms with van der Waals surface area (Å²) in [4.78, 5) is 11.0. The Morgan fingerprint density at radius 3 is 2.59 bits per heavy atom. The van der Waals surface area contributed by atoms with E-state index in [4.69, 9.17) is 5.11 Å². The summed E-state index contributed by atoms with van der Waals surface area (Å²) < 4.78 is 29.0. The van der Waals surface area contributed by atoms with Crippen molar-refractivity contribution in [2.45, 2.75) is 24.8 Å². The minimum absolute atomic E-state index is 0.0526.